The molecule has 5 fully saturated rings. The van der Waals surface area contributed by atoms with Crippen molar-refractivity contribution in [3.05, 3.63) is 54.4 Å². The van der Waals surface area contributed by atoms with Crippen LogP contribution in [0.1, 0.15) is 57.4 Å². The molecular formula is C29H31N3O5. The Morgan fingerprint density at radius 2 is 1.68 bits per heavy atom. The summed E-state index contributed by atoms with van der Waals surface area (Å²) in [6.07, 6.45) is 9.65. The van der Waals surface area contributed by atoms with Gasteiger partial charge in [0, 0.05) is 25.9 Å². The molecule has 1 saturated heterocycles. The summed E-state index contributed by atoms with van der Waals surface area (Å²) in [5, 5.41) is 0. The van der Waals surface area contributed by atoms with E-state index in [1.54, 1.807) is 41.6 Å². The van der Waals surface area contributed by atoms with E-state index in [9.17, 15) is 19.2 Å². The molecule has 192 valence electrons. The number of carbonyl (C=O) groups excluding carboxylic acids is 4. The summed E-state index contributed by atoms with van der Waals surface area (Å²) in [6.45, 7) is 1.56. The third-order valence-electron chi connectivity index (χ3n) is 8.68. The normalized spacial score (nSPS) is 30.0. The fraction of sp³-hybridized carbons (Fsp3) is 0.483. The van der Waals surface area contributed by atoms with Crippen molar-refractivity contribution >= 4 is 29.4 Å². The Morgan fingerprint density at radius 3 is 2.24 bits per heavy atom. The largest absolute Gasteiger partial charge is 0.427 e. The van der Waals surface area contributed by atoms with Gasteiger partial charge in [0.2, 0.25) is 11.8 Å². The lowest BCUT2D eigenvalue weighted by Crippen LogP contribution is -2.57. The van der Waals surface area contributed by atoms with Crippen LogP contribution in [-0.4, -0.2) is 39.6 Å². The smallest absolute Gasteiger partial charge is 0.308 e. The molecule has 2 heterocycles. The number of amides is 3. The molecule has 1 atom stereocenters. The number of nitrogens with zero attached hydrogens (tertiary/aromatic N) is 3. The topological polar surface area (TPSA) is 96.9 Å². The van der Waals surface area contributed by atoms with Crippen molar-refractivity contribution in [1.82, 2.24) is 9.88 Å². The predicted octanol–water partition coefficient (Wildman–Crippen LogP) is 3.88. The number of ether oxygens (including phenoxy) is 1. The molecule has 1 aliphatic heterocycles. The van der Waals surface area contributed by atoms with Gasteiger partial charge >= 0.3 is 5.97 Å². The van der Waals surface area contributed by atoms with Crippen molar-refractivity contribution in [1.29, 1.82) is 0 Å². The zero-order chi connectivity index (χ0) is 25.7. The molecule has 2 aromatic rings. The summed E-state index contributed by atoms with van der Waals surface area (Å²) in [7, 11) is 0. The second-order valence-electron chi connectivity index (χ2n) is 11.4. The summed E-state index contributed by atoms with van der Waals surface area (Å²) >= 11 is 0. The number of anilines is 1. The molecule has 4 saturated carbocycles. The van der Waals surface area contributed by atoms with E-state index < -0.39 is 23.3 Å². The minimum Gasteiger partial charge on any atom is -0.427 e. The first-order valence-corrected chi connectivity index (χ1v) is 13.2. The number of rotatable bonds is 6. The van der Waals surface area contributed by atoms with Gasteiger partial charge in [-0.25, -0.2) is 4.90 Å². The van der Waals surface area contributed by atoms with E-state index >= 15 is 0 Å². The fourth-order valence-corrected chi connectivity index (χ4v) is 7.65. The Bertz CT molecular complexity index is 1210. The van der Waals surface area contributed by atoms with Gasteiger partial charge in [-0.2, -0.15) is 0 Å². The van der Waals surface area contributed by atoms with E-state index in [0.717, 1.165) is 29.7 Å². The van der Waals surface area contributed by atoms with Crippen LogP contribution in [0.25, 0.3) is 0 Å². The Morgan fingerprint density at radius 1 is 1.03 bits per heavy atom. The third-order valence-corrected chi connectivity index (χ3v) is 8.68. The SMILES string of the molecule is CC(=O)Oc1ccc(N2C(=O)CC(N(Cc3cccnc3)C(=O)C34CC5CC(CC(C5)C3)C4)C2=O)cc1. The quantitative estimate of drug-likeness (QED) is 0.339. The van der Waals surface area contributed by atoms with Crippen LogP contribution in [0.2, 0.25) is 0 Å². The van der Waals surface area contributed by atoms with Gasteiger partial charge in [0.1, 0.15) is 11.8 Å². The number of aromatic nitrogens is 1. The first-order valence-electron chi connectivity index (χ1n) is 13.2. The maximum absolute atomic E-state index is 14.4. The number of esters is 1. The van der Waals surface area contributed by atoms with Crippen LogP contribution >= 0.6 is 0 Å². The molecule has 7 rings (SSSR count). The average molecular weight is 502 g/mol. The van der Waals surface area contributed by atoms with Crippen molar-refractivity contribution in [3.8, 4) is 5.75 Å². The molecule has 8 nitrogen and oxygen atoms in total. The lowest BCUT2D eigenvalue weighted by atomic mass is 9.49. The van der Waals surface area contributed by atoms with Gasteiger partial charge in [0.05, 0.1) is 17.5 Å². The van der Waals surface area contributed by atoms with Crippen LogP contribution in [0, 0.1) is 23.2 Å². The molecule has 0 N–H and O–H groups in total. The molecule has 4 bridgehead atoms. The fourth-order valence-electron chi connectivity index (χ4n) is 7.65. The van der Waals surface area contributed by atoms with Gasteiger partial charge < -0.3 is 9.64 Å². The number of carbonyl (C=O) groups is 4. The highest BCUT2D eigenvalue weighted by molar-refractivity contribution is 6.23. The first-order chi connectivity index (χ1) is 17.8. The van der Waals surface area contributed by atoms with Crippen molar-refractivity contribution in [2.45, 2.75) is 64.5 Å². The van der Waals surface area contributed by atoms with Crippen molar-refractivity contribution in [2.75, 3.05) is 4.90 Å². The van der Waals surface area contributed by atoms with Crippen LogP contribution in [-0.2, 0) is 25.7 Å². The maximum atomic E-state index is 14.4. The van der Waals surface area contributed by atoms with Crippen molar-refractivity contribution in [2.24, 2.45) is 23.2 Å². The second-order valence-corrected chi connectivity index (χ2v) is 11.4. The number of hydrogen-bond donors (Lipinski definition) is 0. The highest BCUT2D eigenvalue weighted by atomic mass is 16.5. The maximum Gasteiger partial charge on any atom is 0.308 e. The van der Waals surface area contributed by atoms with Gasteiger partial charge in [-0.15, -0.1) is 0 Å². The lowest BCUT2D eigenvalue weighted by molar-refractivity contribution is -0.162. The Hall–Kier alpha value is -3.55. The zero-order valence-electron chi connectivity index (χ0n) is 21.0. The van der Waals surface area contributed by atoms with E-state index in [4.69, 9.17) is 4.74 Å². The third kappa shape index (κ3) is 4.32. The summed E-state index contributed by atoms with van der Waals surface area (Å²) in [5.41, 5.74) is 0.807. The number of hydrogen-bond acceptors (Lipinski definition) is 6. The van der Waals surface area contributed by atoms with Gasteiger partial charge in [0.15, 0.2) is 0 Å². The van der Waals surface area contributed by atoms with E-state index in [-0.39, 0.29) is 24.8 Å². The van der Waals surface area contributed by atoms with Crippen LogP contribution in [0.3, 0.4) is 0 Å². The average Bonchev–Trinajstić information content (AvgIpc) is 3.15. The summed E-state index contributed by atoms with van der Waals surface area (Å²) in [6, 6.07) is 9.14. The molecule has 37 heavy (non-hydrogen) atoms. The minimum atomic E-state index is -0.860. The molecule has 1 aromatic heterocycles. The van der Waals surface area contributed by atoms with Gasteiger partial charge in [-0.05, 0) is 92.2 Å². The van der Waals surface area contributed by atoms with Gasteiger partial charge in [-0.3, -0.25) is 24.2 Å². The summed E-state index contributed by atoms with van der Waals surface area (Å²) < 4.78 is 5.07. The van der Waals surface area contributed by atoms with Gasteiger partial charge in [0.25, 0.3) is 5.91 Å². The second kappa shape index (κ2) is 9.08. The predicted molar refractivity (Wildman–Crippen MR) is 134 cm³/mol. The Labute approximate surface area is 216 Å². The monoisotopic (exact) mass is 501 g/mol. The van der Waals surface area contributed by atoms with Crippen LogP contribution in [0.5, 0.6) is 5.75 Å². The Kier molecular flexibility index (Phi) is 5.85. The van der Waals surface area contributed by atoms with E-state index in [0.29, 0.717) is 29.2 Å². The number of imide groups is 1. The van der Waals surface area contributed by atoms with Crippen LogP contribution in [0.4, 0.5) is 5.69 Å². The molecule has 0 radical (unpaired) electrons. The van der Waals surface area contributed by atoms with Crippen LogP contribution < -0.4 is 9.64 Å². The standard InChI is InChI=1S/C29H31N3O5/c1-18(33)37-24-6-4-23(5-7-24)32-26(34)12-25(27(32)35)31(17-19-3-2-8-30-16-19)28(36)29-13-20-9-21(14-29)11-22(10-20)15-29/h2-8,16,20-22,25H,9-15,17H2,1H3. The van der Waals surface area contributed by atoms with Gasteiger partial charge in [-0.1, -0.05) is 6.07 Å². The van der Waals surface area contributed by atoms with E-state index in [1.807, 2.05) is 12.1 Å². The minimum absolute atomic E-state index is 0.0219. The molecule has 8 heteroatoms. The van der Waals surface area contributed by atoms with Crippen molar-refractivity contribution < 1.29 is 23.9 Å². The first kappa shape index (κ1) is 23.8. The van der Waals surface area contributed by atoms with Crippen molar-refractivity contribution in [3.63, 3.8) is 0 Å². The molecule has 0 spiro atoms. The Balaban J connectivity index is 1.30. The summed E-state index contributed by atoms with van der Waals surface area (Å²) in [4.78, 5) is 59.6. The van der Waals surface area contributed by atoms with E-state index in [2.05, 4.69) is 4.98 Å². The zero-order valence-corrected chi connectivity index (χ0v) is 21.0. The molecule has 5 aliphatic rings. The highest BCUT2D eigenvalue weighted by Gasteiger charge is 2.57. The molecule has 1 unspecified atom stereocenters. The lowest BCUT2D eigenvalue weighted by Gasteiger charge is -2.56. The molecule has 3 amide bonds. The number of pyridine rings is 1. The van der Waals surface area contributed by atoms with E-state index in [1.165, 1.54) is 26.2 Å². The molecular weight excluding hydrogens is 470 g/mol. The van der Waals surface area contributed by atoms with Crippen LogP contribution in [0.15, 0.2) is 48.8 Å². The molecule has 1 aromatic carbocycles. The number of benzene rings is 1. The molecule has 4 aliphatic carbocycles. The summed E-state index contributed by atoms with van der Waals surface area (Å²) in [5.74, 6) is 0.929. The highest BCUT2D eigenvalue weighted by Crippen LogP contribution is 2.60.